The van der Waals surface area contributed by atoms with Gasteiger partial charge in [-0.2, -0.15) is 18.4 Å². The van der Waals surface area contributed by atoms with Crippen LogP contribution in [0.4, 0.5) is 18.9 Å². The molecule has 0 spiro atoms. The number of aliphatic hydroxyl groups is 1. The molecule has 10 heteroatoms. The normalized spacial score (nSPS) is 14.0. The van der Waals surface area contributed by atoms with Crippen LogP contribution in [0.5, 0.6) is 0 Å². The maximum absolute atomic E-state index is 13.0. The molecule has 0 fully saturated rings. The first-order valence-electron chi connectivity index (χ1n) is 7.80. The van der Waals surface area contributed by atoms with Crippen molar-refractivity contribution in [1.82, 2.24) is 0 Å². The number of nitriles is 1. The standard InChI is InChI=1S/C18H15F3N2O4S/c1-17(25,11-28(26,27)14-5-3-2-4-6-14)16(24)23-13-8-7-12(10-22)15(9-13)18(19,20)21/h2-9,25H,11H2,1H3,(H,23,24). The van der Waals surface area contributed by atoms with Crippen molar-refractivity contribution in [1.29, 1.82) is 5.26 Å². The number of nitrogens with one attached hydrogen (secondary N) is 1. The van der Waals surface area contributed by atoms with Crippen LogP contribution in [-0.2, 0) is 20.8 Å². The Bertz CT molecular complexity index is 1030. The number of carbonyl (C=O) groups is 1. The van der Waals surface area contributed by atoms with Crippen molar-refractivity contribution < 1.29 is 31.5 Å². The highest BCUT2D eigenvalue weighted by Crippen LogP contribution is 2.33. The van der Waals surface area contributed by atoms with Gasteiger partial charge in [-0.3, -0.25) is 4.79 Å². The zero-order valence-electron chi connectivity index (χ0n) is 14.5. The van der Waals surface area contributed by atoms with Crippen LogP contribution in [0.25, 0.3) is 0 Å². The fourth-order valence-electron chi connectivity index (χ4n) is 2.37. The molecule has 0 radical (unpaired) electrons. The third kappa shape index (κ3) is 4.88. The first-order chi connectivity index (χ1) is 12.9. The Balaban J connectivity index is 2.25. The van der Waals surface area contributed by atoms with Crippen LogP contribution >= 0.6 is 0 Å². The van der Waals surface area contributed by atoms with E-state index in [0.717, 1.165) is 19.1 Å². The summed E-state index contributed by atoms with van der Waals surface area (Å²) in [6.45, 7) is 0.942. The Labute approximate surface area is 159 Å². The van der Waals surface area contributed by atoms with Gasteiger partial charge in [0, 0.05) is 5.69 Å². The van der Waals surface area contributed by atoms with Crippen LogP contribution in [0, 0.1) is 11.3 Å². The number of halogens is 3. The van der Waals surface area contributed by atoms with Crippen LogP contribution in [0.1, 0.15) is 18.1 Å². The molecule has 0 aliphatic heterocycles. The lowest BCUT2D eigenvalue weighted by Crippen LogP contribution is -2.45. The summed E-state index contributed by atoms with van der Waals surface area (Å²) in [5, 5.41) is 21.1. The smallest absolute Gasteiger partial charge is 0.379 e. The first kappa shape index (κ1) is 21.4. The van der Waals surface area contributed by atoms with Gasteiger partial charge in [0.05, 0.1) is 27.8 Å². The van der Waals surface area contributed by atoms with E-state index in [0.29, 0.717) is 6.07 Å². The lowest BCUT2D eigenvalue weighted by molar-refractivity contribution is -0.137. The van der Waals surface area contributed by atoms with Crippen LogP contribution in [0.2, 0.25) is 0 Å². The number of nitrogens with zero attached hydrogens (tertiary/aromatic N) is 1. The second-order valence-corrected chi connectivity index (χ2v) is 8.16. The van der Waals surface area contributed by atoms with E-state index in [4.69, 9.17) is 5.26 Å². The first-order valence-corrected chi connectivity index (χ1v) is 9.45. The molecule has 1 atom stereocenters. The Kier molecular flexibility index (Phi) is 5.82. The van der Waals surface area contributed by atoms with Gasteiger partial charge in [-0.15, -0.1) is 0 Å². The molecular weight excluding hydrogens is 397 g/mol. The molecule has 0 aliphatic rings. The lowest BCUT2D eigenvalue weighted by atomic mass is 10.1. The number of benzene rings is 2. The molecule has 0 saturated carbocycles. The molecule has 1 unspecified atom stereocenters. The van der Waals surface area contributed by atoms with Crippen LogP contribution < -0.4 is 5.32 Å². The molecule has 1 amide bonds. The minimum absolute atomic E-state index is 0.110. The molecule has 0 bridgehead atoms. The Hall–Kier alpha value is -2.90. The van der Waals surface area contributed by atoms with Crippen LogP contribution in [0.3, 0.4) is 0 Å². The largest absolute Gasteiger partial charge is 0.417 e. The predicted octanol–water partition coefficient (Wildman–Crippen LogP) is 2.74. The van der Waals surface area contributed by atoms with Crippen LogP contribution in [-0.4, -0.2) is 30.8 Å². The quantitative estimate of drug-likeness (QED) is 0.785. The van der Waals surface area contributed by atoms with Crippen molar-refractivity contribution in [3.05, 3.63) is 59.7 Å². The number of sulfone groups is 1. The van der Waals surface area contributed by atoms with Crippen molar-refractivity contribution in [2.75, 3.05) is 11.1 Å². The number of hydrogen-bond acceptors (Lipinski definition) is 5. The highest BCUT2D eigenvalue weighted by molar-refractivity contribution is 7.91. The Morgan fingerprint density at radius 1 is 1.18 bits per heavy atom. The SMILES string of the molecule is CC(O)(CS(=O)(=O)c1ccccc1)C(=O)Nc1ccc(C#N)c(C(F)(F)F)c1. The minimum atomic E-state index is -4.83. The summed E-state index contributed by atoms with van der Waals surface area (Å²) in [6.07, 6.45) is -4.83. The molecule has 148 valence electrons. The Morgan fingerprint density at radius 3 is 2.32 bits per heavy atom. The van der Waals surface area contributed by atoms with Gasteiger partial charge in [0.1, 0.15) is 0 Å². The maximum atomic E-state index is 13.0. The summed E-state index contributed by atoms with van der Waals surface area (Å²) in [4.78, 5) is 12.2. The highest BCUT2D eigenvalue weighted by atomic mass is 32.2. The van der Waals surface area contributed by atoms with Crippen molar-refractivity contribution in [3.63, 3.8) is 0 Å². The second kappa shape index (κ2) is 7.61. The average molecular weight is 412 g/mol. The summed E-state index contributed by atoms with van der Waals surface area (Å²) in [5.41, 5.74) is -4.65. The fourth-order valence-corrected chi connectivity index (χ4v) is 3.98. The molecule has 2 aromatic rings. The van der Waals surface area contributed by atoms with E-state index in [1.807, 2.05) is 0 Å². The zero-order valence-corrected chi connectivity index (χ0v) is 15.3. The molecule has 2 rings (SSSR count). The van der Waals surface area contributed by atoms with Crippen LogP contribution in [0.15, 0.2) is 53.4 Å². The summed E-state index contributed by atoms with van der Waals surface area (Å²) in [5.74, 6) is -2.18. The van der Waals surface area contributed by atoms with Crippen molar-refractivity contribution in [2.45, 2.75) is 23.6 Å². The summed E-state index contributed by atoms with van der Waals surface area (Å²) >= 11 is 0. The van der Waals surface area contributed by atoms with E-state index in [1.165, 1.54) is 30.3 Å². The molecule has 0 saturated heterocycles. The number of alkyl halides is 3. The van der Waals surface area contributed by atoms with E-state index in [9.17, 15) is 31.5 Å². The van der Waals surface area contributed by atoms with Crippen molar-refractivity contribution in [2.24, 2.45) is 0 Å². The third-order valence-corrected chi connectivity index (χ3v) is 5.70. The molecule has 0 aliphatic carbocycles. The van der Waals surface area contributed by atoms with E-state index in [2.05, 4.69) is 5.32 Å². The summed E-state index contributed by atoms with van der Waals surface area (Å²) in [6, 6.07) is 11.0. The highest BCUT2D eigenvalue weighted by Gasteiger charge is 2.38. The van der Waals surface area contributed by atoms with Gasteiger partial charge in [-0.05, 0) is 37.3 Å². The monoisotopic (exact) mass is 412 g/mol. The fraction of sp³-hybridized carbons (Fsp3) is 0.222. The van der Waals surface area contributed by atoms with Gasteiger partial charge in [0.2, 0.25) is 0 Å². The number of rotatable bonds is 5. The molecular formula is C18H15F3N2O4S. The van der Waals surface area contributed by atoms with Gasteiger partial charge < -0.3 is 10.4 Å². The van der Waals surface area contributed by atoms with Gasteiger partial charge in [0.15, 0.2) is 15.4 Å². The molecule has 6 nitrogen and oxygen atoms in total. The molecule has 2 aromatic carbocycles. The Morgan fingerprint density at radius 2 is 1.79 bits per heavy atom. The van der Waals surface area contributed by atoms with Gasteiger partial charge in [-0.1, -0.05) is 18.2 Å². The topological polar surface area (TPSA) is 107 Å². The number of anilines is 1. The van der Waals surface area contributed by atoms with Gasteiger partial charge >= 0.3 is 6.18 Å². The second-order valence-electron chi connectivity index (χ2n) is 6.17. The maximum Gasteiger partial charge on any atom is 0.417 e. The minimum Gasteiger partial charge on any atom is -0.379 e. The summed E-state index contributed by atoms with van der Waals surface area (Å²) in [7, 11) is -4.03. The number of carbonyl (C=O) groups excluding carboxylic acids is 1. The summed E-state index contributed by atoms with van der Waals surface area (Å²) < 4.78 is 63.7. The molecule has 0 aromatic heterocycles. The number of amides is 1. The number of hydrogen-bond donors (Lipinski definition) is 2. The van der Waals surface area contributed by atoms with E-state index < -0.39 is 44.4 Å². The average Bonchev–Trinajstić information content (AvgIpc) is 2.61. The van der Waals surface area contributed by atoms with Gasteiger partial charge in [0.25, 0.3) is 5.91 Å². The van der Waals surface area contributed by atoms with E-state index >= 15 is 0 Å². The lowest BCUT2D eigenvalue weighted by Gasteiger charge is -2.22. The van der Waals surface area contributed by atoms with E-state index in [1.54, 1.807) is 6.07 Å². The van der Waals surface area contributed by atoms with Crippen molar-refractivity contribution >= 4 is 21.4 Å². The molecule has 28 heavy (non-hydrogen) atoms. The van der Waals surface area contributed by atoms with Crippen molar-refractivity contribution in [3.8, 4) is 6.07 Å². The third-order valence-electron chi connectivity index (χ3n) is 3.77. The van der Waals surface area contributed by atoms with Gasteiger partial charge in [-0.25, -0.2) is 8.42 Å². The zero-order chi connectivity index (χ0) is 21.2. The molecule has 2 N–H and O–H groups in total. The predicted molar refractivity (Wildman–Crippen MR) is 93.9 cm³/mol. The molecule has 0 heterocycles. The van der Waals surface area contributed by atoms with E-state index in [-0.39, 0.29) is 10.6 Å².